The minimum atomic E-state index is -3.05. The molecular formula is C33H31N4O4PS2. The summed E-state index contributed by atoms with van der Waals surface area (Å²) >= 11 is 7.81. The van der Waals surface area contributed by atoms with Gasteiger partial charge >= 0.3 is 5.97 Å². The van der Waals surface area contributed by atoms with Gasteiger partial charge in [0.05, 0.1) is 35.5 Å². The van der Waals surface area contributed by atoms with E-state index in [4.69, 9.17) is 26.2 Å². The molecule has 5 aromatic rings. The van der Waals surface area contributed by atoms with Gasteiger partial charge in [0, 0.05) is 34.6 Å². The van der Waals surface area contributed by atoms with Crippen LogP contribution in [0.15, 0.2) is 107 Å². The van der Waals surface area contributed by atoms with Crippen molar-refractivity contribution in [1.82, 2.24) is 19.9 Å². The first kappa shape index (κ1) is 31.2. The van der Waals surface area contributed by atoms with Crippen molar-refractivity contribution >= 4 is 64.9 Å². The molecule has 0 saturated heterocycles. The minimum absolute atomic E-state index is 0.162. The van der Waals surface area contributed by atoms with Crippen molar-refractivity contribution in [2.45, 2.75) is 16.7 Å². The van der Waals surface area contributed by atoms with Crippen LogP contribution in [0.2, 0.25) is 0 Å². The van der Waals surface area contributed by atoms with E-state index >= 15 is 0 Å². The molecule has 0 saturated carbocycles. The number of benzene rings is 3. The number of hydrogen-bond donors (Lipinski definition) is 1. The van der Waals surface area contributed by atoms with Crippen molar-refractivity contribution in [2.75, 3.05) is 20.3 Å². The summed E-state index contributed by atoms with van der Waals surface area (Å²) in [4.78, 5) is 31.2. The minimum Gasteiger partial charge on any atom is -0.469 e. The van der Waals surface area contributed by atoms with Crippen LogP contribution in [0.4, 0.5) is 0 Å². The van der Waals surface area contributed by atoms with E-state index in [-0.39, 0.29) is 18.0 Å². The van der Waals surface area contributed by atoms with Gasteiger partial charge in [0.15, 0.2) is 0 Å². The lowest BCUT2D eigenvalue weighted by Crippen LogP contribution is -2.21. The second kappa shape index (κ2) is 14.0. The van der Waals surface area contributed by atoms with E-state index in [1.807, 2.05) is 97.1 Å². The van der Waals surface area contributed by atoms with Crippen LogP contribution in [0, 0.1) is 5.92 Å². The Morgan fingerprint density at radius 1 is 1.02 bits per heavy atom. The third kappa shape index (κ3) is 7.10. The number of nitrogens with one attached hydrogen (secondary N) is 1. The predicted molar refractivity (Wildman–Crippen MR) is 180 cm³/mol. The summed E-state index contributed by atoms with van der Waals surface area (Å²) in [6.07, 6.45) is 2.70. The third-order valence-electron chi connectivity index (χ3n) is 6.74. The van der Waals surface area contributed by atoms with Crippen LogP contribution < -0.4 is 9.84 Å². The Morgan fingerprint density at radius 2 is 1.77 bits per heavy atom. The highest BCUT2D eigenvalue weighted by Crippen LogP contribution is 2.52. The molecule has 3 aromatic carbocycles. The molecule has 0 aliphatic heterocycles. The zero-order valence-corrected chi connectivity index (χ0v) is 26.9. The molecule has 44 heavy (non-hydrogen) atoms. The van der Waals surface area contributed by atoms with Crippen LogP contribution in [0.3, 0.4) is 0 Å². The summed E-state index contributed by atoms with van der Waals surface area (Å²) < 4.78 is 13.4. The zero-order valence-electron chi connectivity index (χ0n) is 24.4. The molecular weight excluding hydrogens is 611 g/mol. The molecule has 1 amide bonds. The number of amides is 1. The normalized spacial score (nSPS) is 13.3. The maximum absolute atomic E-state index is 12.6. The maximum Gasteiger partial charge on any atom is 0.308 e. The topological polar surface area (TPSA) is 95.3 Å². The smallest absolute Gasteiger partial charge is 0.308 e. The molecule has 1 N–H and O–H groups in total. The number of aromatic nitrogens is 3. The van der Waals surface area contributed by atoms with E-state index in [1.165, 1.54) is 18.9 Å². The van der Waals surface area contributed by atoms with Crippen molar-refractivity contribution in [3.63, 3.8) is 0 Å². The Morgan fingerprint density at radius 3 is 2.50 bits per heavy atom. The highest BCUT2D eigenvalue weighted by Gasteiger charge is 2.32. The first-order valence-corrected chi connectivity index (χ1v) is 17.5. The molecule has 0 spiro atoms. The van der Waals surface area contributed by atoms with E-state index in [9.17, 15) is 9.59 Å². The summed E-state index contributed by atoms with van der Waals surface area (Å²) in [7, 11) is 2.98. The van der Waals surface area contributed by atoms with E-state index in [2.05, 4.69) is 10.3 Å². The van der Waals surface area contributed by atoms with Crippen LogP contribution in [0.5, 0.6) is 5.75 Å². The molecule has 2 heterocycles. The number of pyridine rings is 1. The lowest BCUT2D eigenvalue weighted by Gasteiger charge is -2.26. The number of methoxy groups -OCH3 is 1. The second-order valence-electron chi connectivity index (χ2n) is 9.87. The van der Waals surface area contributed by atoms with Crippen LogP contribution >= 0.6 is 18.2 Å². The standard InChI is InChI=1S/C33H31N4O4PS2/c1-23(33(39)40-3)22-42(43,41-25-12-5-4-6-13-25)37-30-21-26(44-31-15-8-7-14-28(31)32(38)34-2)17-18-27(30)29(36-37)19-16-24-11-9-10-20-35-24/h4-21,23H,22H2,1-3H3,(H,34,38)/b19-16+/t23-,42?/m1/s1. The number of esters is 1. The summed E-state index contributed by atoms with van der Waals surface area (Å²) in [6.45, 7) is 1.78. The summed E-state index contributed by atoms with van der Waals surface area (Å²) in [6, 6.07) is 28.5. The first-order chi connectivity index (χ1) is 21.3. The summed E-state index contributed by atoms with van der Waals surface area (Å²) in [5, 5.41) is 8.58. The van der Waals surface area contributed by atoms with Crippen molar-refractivity contribution in [2.24, 2.45) is 5.92 Å². The van der Waals surface area contributed by atoms with Crippen LogP contribution in [-0.4, -0.2) is 46.7 Å². The van der Waals surface area contributed by atoms with Crippen molar-refractivity contribution in [3.05, 3.63) is 114 Å². The summed E-state index contributed by atoms with van der Waals surface area (Å²) in [5.41, 5.74) is 2.80. The lowest BCUT2D eigenvalue weighted by molar-refractivity contribution is -0.144. The number of ether oxygens (including phenoxy) is 1. The third-order valence-corrected chi connectivity index (χ3v) is 11.3. The maximum atomic E-state index is 12.6. The first-order valence-electron chi connectivity index (χ1n) is 13.8. The quantitative estimate of drug-likeness (QED) is 0.120. The highest BCUT2D eigenvalue weighted by atomic mass is 32.4. The number of fused-ring (bicyclic) bond motifs is 1. The Labute approximate surface area is 265 Å². The van der Waals surface area contributed by atoms with Crippen LogP contribution in [0.25, 0.3) is 23.1 Å². The molecule has 11 heteroatoms. The molecule has 0 bridgehead atoms. The Bertz CT molecular complexity index is 1860. The van der Waals surface area contributed by atoms with E-state index in [0.717, 1.165) is 26.4 Å². The Balaban J connectivity index is 1.66. The SMILES string of the molecule is CNC(=O)c1ccccc1Sc1ccc2c(/C=C/c3ccccn3)nn(P(=S)(C[C@@H](C)C(=O)OC)Oc3ccccc3)c2c1. The van der Waals surface area contributed by atoms with Gasteiger partial charge in [0.2, 0.25) is 6.42 Å². The second-order valence-corrected chi connectivity index (χ2v) is 14.9. The fourth-order valence-electron chi connectivity index (χ4n) is 4.59. The van der Waals surface area contributed by atoms with Gasteiger partial charge in [0.25, 0.3) is 5.91 Å². The van der Waals surface area contributed by atoms with Crippen molar-refractivity contribution in [3.8, 4) is 5.75 Å². The van der Waals surface area contributed by atoms with Gasteiger partial charge in [-0.15, -0.1) is 0 Å². The molecule has 0 radical (unpaired) electrons. The molecule has 0 aliphatic rings. The summed E-state index contributed by atoms with van der Waals surface area (Å²) in [5.74, 6) is -0.472. The number of nitrogens with zero attached hydrogens (tertiary/aromatic N) is 3. The van der Waals surface area contributed by atoms with Crippen molar-refractivity contribution in [1.29, 1.82) is 0 Å². The van der Waals surface area contributed by atoms with E-state index in [0.29, 0.717) is 17.0 Å². The molecule has 2 atom stereocenters. The average Bonchev–Trinajstić information content (AvgIpc) is 3.42. The van der Waals surface area contributed by atoms with Gasteiger partial charge in [-0.3, -0.25) is 14.6 Å². The molecule has 224 valence electrons. The average molecular weight is 643 g/mol. The lowest BCUT2D eigenvalue weighted by atomic mass is 10.2. The van der Waals surface area contributed by atoms with Gasteiger partial charge in [-0.2, -0.15) is 5.10 Å². The van der Waals surface area contributed by atoms with Crippen LogP contribution in [-0.2, 0) is 21.3 Å². The number of carbonyl (C=O) groups excluding carboxylic acids is 2. The monoisotopic (exact) mass is 642 g/mol. The largest absolute Gasteiger partial charge is 0.469 e. The van der Waals surface area contributed by atoms with Crippen molar-refractivity contribution < 1.29 is 18.8 Å². The number of rotatable bonds is 11. The molecule has 0 fully saturated rings. The van der Waals surface area contributed by atoms with Gasteiger partial charge in [0.1, 0.15) is 5.75 Å². The number of hydrogen-bond acceptors (Lipinski definition) is 8. The van der Waals surface area contributed by atoms with Gasteiger partial charge in [-0.05, 0) is 78.6 Å². The van der Waals surface area contributed by atoms with Gasteiger partial charge in [-0.1, -0.05) is 55.1 Å². The Kier molecular flexibility index (Phi) is 9.95. The zero-order chi connectivity index (χ0) is 31.1. The molecule has 0 aliphatic carbocycles. The highest BCUT2D eigenvalue weighted by molar-refractivity contribution is 8.11. The van der Waals surface area contributed by atoms with E-state index in [1.54, 1.807) is 30.7 Å². The predicted octanol–water partition coefficient (Wildman–Crippen LogP) is 7.16. The molecule has 5 rings (SSSR count). The van der Waals surface area contributed by atoms with Gasteiger partial charge < -0.3 is 14.6 Å². The van der Waals surface area contributed by atoms with Crippen LogP contribution in [0.1, 0.15) is 28.7 Å². The fraction of sp³-hybridized carbons (Fsp3) is 0.152. The fourth-order valence-corrected chi connectivity index (χ4v) is 9.19. The molecule has 2 aromatic heterocycles. The molecule has 1 unspecified atom stereocenters. The van der Waals surface area contributed by atoms with E-state index < -0.39 is 12.3 Å². The van der Waals surface area contributed by atoms with Gasteiger partial charge in [-0.25, -0.2) is 4.45 Å². The molecule has 8 nitrogen and oxygen atoms in total. The number of para-hydroxylation sites is 1. The number of carbonyl (C=O) groups is 2. The Hall–Kier alpha value is -4.24.